The van der Waals surface area contributed by atoms with Crippen LogP contribution in [0.5, 0.6) is 5.75 Å². The number of aromatic nitrogens is 4. The van der Waals surface area contributed by atoms with Crippen LogP contribution in [0.1, 0.15) is 19.4 Å². The zero-order chi connectivity index (χ0) is 17.8. The van der Waals surface area contributed by atoms with Crippen molar-refractivity contribution >= 4 is 23.2 Å². The number of rotatable bonds is 5. The van der Waals surface area contributed by atoms with E-state index in [1.54, 1.807) is 42.5 Å². The lowest BCUT2D eigenvalue weighted by Gasteiger charge is -2.14. The number of tetrazole rings is 1. The first kappa shape index (κ1) is 16.9. The van der Waals surface area contributed by atoms with Crippen LogP contribution in [0, 0.1) is 0 Å². The van der Waals surface area contributed by atoms with E-state index in [4.69, 9.17) is 11.6 Å². The van der Waals surface area contributed by atoms with Crippen LogP contribution in [-0.4, -0.2) is 31.2 Å². The van der Waals surface area contributed by atoms with Gasteiger partial charge >= 0.3 is 0 Å². The van der Waals surface area contributed by atoms with Gasteiger partial charge in [-0.15, -0.1) is 10.2 Å². The molecule has 1 amide bonds. The molecule has 2 aromatic carbocycles. The van der Waals surface area contributed by atoms with E-state index in [2.05, 4.69) is 20.7 Å². The first-order valence-electron chi connectivity index (χ1n) is 7.72. The number of benzene rings is 2. The molecule has 0 aliphatic heterocycles. The summed E-state index contributed by atoms with van der Waals surface area (Å²) in [5.74, 6) is 0.0774. The van der Waals surface area contributed by atoms with Crippen LogP contribution in [0.2, 0.25) is 5.02 Å². The monoisotopic (exact) mass is 357 g/mol. The Kier molecular flexibility index (Phi) is 4.95. The summed E-state index contributed by atoms with van der Waals surface area (Å²) in [4.78, 5) is 13.8. The van der Waals surface area contributed by atoms with Gasteiger partial charge in [0.05, 0.1) is 5.69 Å². The smallest absolute Gasteiger partial charge is 0.251 e. The van der Waals surface area contributed by atoms with Gasteiger partial charge in [-0.2, -0.15) is 4.80 Å². The van der Waals surface area contributed by atoms with Gasteiger partial charge in [-0.05, 0) is 48.0 Å². The molecular formula is C17H16ClN5O2. The molecule has 0 aliphatic carbocycles. The molecule has 0 saturated carbocycles. The Morgan fingerprint density at radius 2 is 1.96 bits per heavy atom. The van der Waals surface area contributed by atoms with Gasteiger partial charge in [0, 0.05) is 10.6 Å². The zero-order valence-corrected chi connectivity index (χ0v) is 14.2. The van der Waals surface area contributed by atoms with Crippen LogP contribution in [0.15, 0.2) is 48.5 Å². The molecule has 128 valence electrons. The quantitative estimate of drug-likeness (QED) is 0.683. The summed E-state index contributed by atoms with van der Waals surface area (Å²) in [6, 6.07) is 12.9. The lowest BCUT2D eigenvalue weighted by Crippen LogP contribution is -2.27. The lowest BCUT2D eigenvalue weighted by molar-refractivity contribution is -0.120. The first-order chi connectivity index (χ1) is 12.1. The van der Waals surface area contributed by atoms with E-state index in [0.29, 0.717) is 23.0 Å². The largest absolute Gasteiger partial charge is 0.506 e. The average Bonchev–Trinajstić information content (AvgIpc) is 3.08. The van der Waals surface area contributed by atoms with E-state index in [0.717, 1.165) is 5.56 Å². The Balaban J connectivity index is 1.80. The van der Waals surface area contributed by atoms with Crippen LogP contribution < -0.4 is 5.32 Å². The highest BCUT2D eigenvalue weighted by molar-refractivity contribution is 6.30. The molecule has 1 aromatic heterocycles. The van der Waals surface area contributed by atoms with Crippen LogP contribution >= 0.6 is 11.6 Å². The van der Waals surface area contributed by atoms with Gasteiger partial charge in [-0.3, -0.25) is 4.79 Å². The second-order valence-corrected chi connectivity index (χ2v) is 5.81. The number of para-hydroxylation sites is 2. The Bertz CT molecular complexity index is 879. The summed E-state index contributed by atoms with van der Waals surface area (Å²) in [5.41, 5.74) is 1.09. The molecule has 3 aromatic rings. The molecule has 0 bridgehead atoms. The van der Waals surface area contributed by atoms with Crippen LogP contribution in [0.3, 0.4) is 0 Å². The molecule has 1 atom stereocenters. The van der Waals surface area contributed by atoms with Crippen LogP contribution in [0.25, 0.3) is 11.4 Å². The summed E-state index contributed by atoms with van der Waals surface area (Å²) in [5, 5.41) is 25.4. The standard InChI is InChI=1S/C17H16ClN5O2/c1-2-14(17(25)19-13-5-3-4-6-15(13)24)23-21-16(20-22-23)11-7-9-12(18)10-8-11/h3-10,14,24H,2H2,1H3,(H,19,25)/t14-/m1/s1. The topological polar surface area (TPSA) is 92.9 Å². The second-order valence-electron chi connectivity index (χ2n) is 5.37. The van der Waals surface area contributed by atoms with Gasteiger partial charge in [0.25, 0.3) is 5.91 Å². The number of hydrogen-bond donors (Lipinski definition) is 2. The third-order valence-corrected chi connectivity index (χ3v) is 3.91. The van der Waals surface area contributed by atoms with E-state index in [9.17, 15) is 9.90 Å². The summed E-state index contributed by atoms with van der Waals surface area (Å²) in [6.45, 7) is 1.85. The fourth-order valence-electron chi connectivity index (χ4n) is 2.32. The minimum atomic E-state index is -0.645. The maximum atomic E-state index is 12.5. The third-order valence-electron chi connectivity index (χ3n) is 3.66. The van der Waals surface area contributed by atoms with Crippen molar-refractivity contribution in [1.29, 1.82) is 0 Å². The Labute approximate surface area is 149 Å². The van der Waals surface area contributed by atoms with Crippen molar-refractivity contribution in [3.8, 4) is 17.1 Å². The van der Waals surface area contributed by atoms with E-state index in [1.807, 2.05) is 6.92 Å². The van der Waals surface area contributed by atoms with Crippen molar-refractivity contribution in [1.82, 2.24) is 20.2 Å². The summed E-state index contributed by atoms with van der Waals surface area (Å²) in [7, 11) is 0. The van der Waals surface area contributed by atoms with Gasteiger partial charge in [-0.25, -0.2) is 0 Å². The van der Waals surface area contributed by atoms with Crippen LogP contribution in [0.4, 0.5) is 5.69 Å². The summed E-state index contributed by atoms with van der Waals surface area (Å²) >= 11 is 5.87. The number of carbonyl (C=O) groups is 1. The van der Waals surface area contributed by atoms with E-state index in [1.165, 1.54) is 10.9 Å². The molecule has 0 saturated heterocycles. The number of aromatic hydroxyl groups is 1. The zero-order valence-electron chi connectivity index (χ0n) is 13.4. The summed E-state index contributed by atoms with van der Waals surface area (Å²) < 4.78 is 0. The van der Waals surface area contributed by atoms with Crippen molar-refractivity contribution in [3.63, 3.8) is 0 Å². The number of anilines is 1. The third kappa shape index (κ3) is 3.77. The number of amides is 1. The number of carbonyl (C=O) groups excluding carboxylic acids is 1. The van der Waals surface area contributed by atoms with Crippen molar-refractivity contribution in [3.05, 3.63) is 53.6 Å². The maximum absolute atomic E-state index is 12.5. The van der Waals surface area contributed by atoms with Crippen LogP contribution in [-0.2, 0) is 4.79 Å². The molecule has 0 radical (unpaired) electrons. The van der Waals surface area contributed by atoms with Crippen molar-refractivity contribution < 1.29 is 9.90 Å². The Morgan fingerprint density at radius 3 is 2.64 bits per heavy atom. The number of phenols is 1. The van der Waals surface area contributed by atoms with E-state index >= 15 is 0 Å². The number of nitrogens with one attached hydrogen (secondary N) is 1. The second kappa shape index (κ2) is 7.31. The molecular weight excluding hydrogens is 342 g/mol. The fraction of sp³-hybridized carbons (Fsp3) is 0.176. The molecule has 0 spiro atoms. The number of hydrogen-bond acceptors (Lipinski definition) is 5. The SMILES string of the molecule is CC[C@H](C(=O)Nc1ccccc1O)n1nnc(-c2ccc(Cl)cc2)n1. The van der Waals surface area contributed by atoms with E-state index in [-0.39, 0.29) is 11.7 Å². The first-order valence-corrected chi connectivity index (χ1v) is 8.10. The molecule has 8 heteroatoms. The Morgan fingerprint density at radius 1 is 1.24 bits per heavy atom. The predicted molar refractivity (Wildman–Crippen MR) is 94.3 cm³/mol. The average molecular weight is 358 g/mol. The summed E-state index contributed by atoms with van der Waals surface area (Å²) in [6.07, 6.45) is 0.468. The molecule has 1 heterocycles. The molecule has 0 fully saturated rings. The van der Waals surface area contributed by atoms with E-state index < -0.39 is 6.04 Å². The van der Waals surface area contributed by atoms with Crippen molar-refractivity contribution in [2.24, 2.45) is 0 Å². The van der Waals surface area contributed by atoms with Gasteiger partial charge < -0.3 is 10.4 Å². The highest BCUT2D eigenvalue weighted by atomic mass is 35.5. The van der Waals surface area contributed by atoms with Gasteiger partial charge in [0.1, 0.15) is 5.75 Å². The minimum Gasteiger partial charge on any atom is -0.506 e. The fourth-order valence-corrected chi connectivity index (χ4v) is 2.45. The molecule has 3 rings (SSSR count). The minimum absolute atomic E-state index is 0.000828. The number of nitrogens with zero attached hydrogens (tertiary/aromatic N) is 4. The molecule has 0 unspecified atom stereocenters. The predicted octanol–water partition coefficient (Wildman–Crippen LogP) is 3.29. The lowest BCUT2D eigenvalue weighted by atomic mass is 10.2. The molecule has 0 aliphatic rings. The molecule has 2 N–H and O–H groups in total. The Hall–Kier alpha value is -2.93. The van der Waals surface area contributed by atoms with Crippen molar-refractivity contribution in [2.75, 3.05) is 5.32 Å². The van der Waals surface area contributed by atoms with Gasteiger partial charge in [0.2, 0.25) is 5.82 Å². The number of halogens is 1. The highest BCUT2D eigenvalue weighted by Gasteiger charge is 2.22. The van der Waals surface area contributed by atoms with Gasteiger partial charge in [0.15, 0.2) is 6.04 Å². The number of phenolic OH excluding ortho intramolecular Hbond substituents is 1. The normalized spacial score (nSPS) is 11.9. The molecule has 7 nitrogen and oxygen atoms in total. The van der Waals surface area contributed by atoms with Gasteiger partial charge in [-0.1, -0.05) is 30.7 Å². The highest BCUT2D eigenvalue weighted by Crippen LogP contribution is 2.24. The maximum Gasteiger partial charge on any atom is 0.251 e. The van der Waals surface area contributed by atoms with Crippen molar-refractivity contribution in [2.45, 2.75) is 19.4 Å². The molecule has 25 heavy (non-hydrogen) atoms.